The highest BCUT2D eigenvalue weighted by Gasteiger charge is 2.34. The summed E-state index contributed by atoms with van der Waals surface area (Å²) in [4.78, 5) is 43.2. The number of rotatable bonds is 6. The van der Waals surface area contributed by atoms with Crippen molar-refractivity contribution in [1.29, 1.82) is 0 Å². The number of fused-ring (bicyclic) bond motifs is 2. The Morgan fingerprint density at radius 2 is 1.47 bits per heavy atom. The van der Waals surface area contributed by atoms with Crippen LogP contribution >= 0.6 is 11.3 Å². The van der Waals surface area contributed by atoms with Crippen molar-refractivity contribution in [3.8, 4) is 16.3 Å². The Morgan fingerprint density at radius 3 is 2.19 bits per heavy atom. The standard InChI is InChI=1S/C25H18N2O4S/c28-22(14-7-15-27-24(29)16-8-1-2-9-17(16)25(27)30)31-20-12-5-3-10-18(20)23-26-19-11-4-6-13-21(19)32-23/h1-6,8-13H,7,14-15H2. The number of para-hydroxylation sites is 2. The minimum Gasteiger partial charge on any atom is -0.426 e. The van der Waals surface area contributed by atoms with Gasteiger partial charge in [-0.05, 0) is 42.8 Å². The molecule has 2 heterocycles. The number of amides is 2. The van der Waals surface area contributed by atoms with Gasteiger partial charge in [0.05, 0.1) is 26.9 Å². The molecular formula is C25H18N2O4S. The molecule has 1 aliphatic rings. The van der Waals surface area contributed by atoms with Gasteiger partial charge >= 0.3 is 5.97 Å². The number of benzene rings is 3. The van der Waals surface area contributed by atoms with Crippen LogP contribution in [0.3, 0.4) is 0 Å². The summed E-state index contributed by atoms with van der Waals surface area (Å²) in [5.41, 5.74) is 2.46. The summed E-state index contributed by atoms with van der Waals surface area (Å²) in [5, 5.41) is 0.778. The number of aromatic nitrogens is 1. The SMILES string of the molecule is O=C(CCCN1C(=O)c2ccccc2C1=O)Oc1ccccc1-c1nc2ccccc2s1. The highest BCUT2D eigenvalue weighted by Crippen LogP contribution is 2.35. The van der Waals surface area contributed by atoms with Crippen LogP contribution in [-0.4, -0.2) is 34.2 Å². The van der Waals surface area contributed by atoms with Gasteiger partial charge in [-0.15, -0.1) is 11.3 Å². The summed E-state index contributed by atoms with van der Waals surface area (Å²) in [7, 11) is 0. The van der Waals surface area contributed by atoms with Gasteiger partial charge in [-0.2, -0.15) is 0 Å². The van der Waals surface area contributed by atoms with E-state index in [1.165, 1.54) is 16.2 Å². The number of hydrogen-bond donors (Lipinski definition) is 0. The molecule has 0 spiro atoms. The van der Waals surface area contributed by atoms with Crippen LogP contribution in [-0.2, 0) is 4.79 Å². The van der Waals surface area contributed by atoms with Crippen molar-refractivity contribution < 1.29 is 19.1 Å². The third-order valence-corrected chi connectivity index (χ3v) is 6.35. The van der Waals surface area contributed by atoms with Crippen molar-refractivity contribution >= 4 is 39.3 Å². The number of hydrogen-bond acceptors (Lipinski definition) is 6. The number of carbonyl (C=O) groups is 3. The zero-order valence-electron chi connectivity index (χ0n) is 17.0. The van der Waals surface area contributed by atoms with Gasteiger partial charge in [0.2, 0.25) is 0 Å². The summed E-state index contributed by atoms with van der Waals surface area (Å²) >= 11 is 1.54. The Kier molecular flexibility index (Phi) is 5.25. The Labute approximate surface area is 188 Å². The highest BCUT2D eigenvalue weighted by atomic mass is 32.1. The molecule has 0 aliphatic carbocycles. The second kappa shape index (κ2) is 8.36. The van der Waals surface area contributed by atoms with Crippen molar-refractivity contribution in [2.75, 3.05) is 6.54 Å². The van der Waals surface area contributed by atoms with E-state index in [0.717, 1.165) is 20.8 Å². The van der Waals surface area contributed by atoms with E-state index in [4.69, 9.17) is 4.74 Å². The van der Waals surface area contributed by atoms with E-state index in [-0.39, 0.29) is 24.8 Å². The lowest BCUT2D eigenvalue weighted by molar-refractivity contribution is -0.134. The largest absolute Gasteiger partial charge is 0.426 e. The molecule has 4 aromatic rings. The average molecular weight is 442 g/mol. The van der Waals surface area contributed by atoms with Crippen molar-refractivity contribution in [3.05, 3.63) is 83.9 Å². The van der Waals surface area contributed by atoms with E-state index in [1.807, 2.05) is 36.4 Å². The molecule has 0 saturated heterocycles. The van der Waals surface area contributed by atoms with Crippen LogP contribution in [0.15, 0.2) is 72.8 Å². The lowest BCUT2D eigenvalue weighted by atomic mass is 10.1. The number of ether oxygens (including phenoxy) is 1. The van der Waals surface area contributed by atoms with Gasteiger partial charge in [-0.1, -0.05) is 36.4 Å². The molecule has 3 aromatic carbocycles. The Balaban J connectivity index is 1.24. The molecule has 1 aromatic heterocycles. The van der Waals surface area contributed by atoms with Crippen molar-refractivity contribution in [1.82, 2.24) is 9.88 Å². The van der Waals surface area contributed by atoms with E-state index in [9.17, 15) is 14.4 Å². The molecule has 32 heavy (non-hydrogen) atoms. The van der Waals surface area contributed by atoms with Gasteiger partial charge in [0.15, 0.2) is 0 Å². The fourth-order valence-electron chi connectivity index (χ4n) is 3.72. The van der Waals surface area contributed by atoms with E-state index >= 15 is 0 Å². The first kappa shape index (κ1) is 20.1. The summed E-state index contributed by atoms with van der Waals surface area (Å²) in [6.07, 6.45) is 0.412. The van der Waals surface area contributed by atoms with Crippen LogP contribution in [0.4, 0.5) is 0 Å². The molecule has 0 unspecified atom stereocenters. The van der Waals surface area contributed by atoms with Crippen LogP contribution in [0.25, 0.3) is 20.8 Å². The second-order valence-corrected chi connectivity index (χ2v) is 8.40. The molecule has 7 heteroatoms. The smallest absolute Gasteiger partial charge is 0.311 e. The molecule has 0 bridgehead atoms. The van der Waals surface area contributed by atoms with E-state index in [0.29, 0.717) is 23.3 Å². The number of nitrogens with zero attached hydrogens (tertiary/aromatic N) is 2. The maximum atomic E-state index is 12.5. The lowest BCUT2D eigenvalue weighted by Gasteiger charge is -2.13. The summed E-state index contributed by atoms with van der Waals surface area (Å²) in [6, 6.07) is 21.9. The number of carbonyl (C=O) groups excluding carboxylic acids is 3. The third-order valence-electron chi connectivity index (χ3n) is 5.28. The lowest BCUT2D eigenvalue weighted by Crippen LogP contribution is -2.31. The van der Waals surface area contributed by atoms with Crippen LogP contribution in [0.5, 0.6) is 5.75 Å². The molecule has 2 amide bonds. The molecule has 6 nitrogen and oxygen atoms in total. The molecule has 0 fully saturated rings. The highest BCUT2D eigenvalue weighted by molar-refractivity contribution is 7.21. The van der Waals surface area contributed by atoms with Gasteiger partial charge in [0, 0.05) is 13.0 Å². The quantitative estimate of drug-likeness (QED) is 0.240. The van der Waals surface area contributed by atoms with E-state index in [1.54, 1.807) is 36.4 Å². The number of imide groups is 1. The summed E-state index contributed by atoms with van der Waals surface area (Å²) in [5.74, 6) is -0.618. The first-order valence-corrected chi connectivity index (χ1v) is 11.0. The maximum absolute atomic E-state index is 12.5. The van der Waals surface area contributed by atoms with E-state index in [2.05, 4.69) is 4.98 Å². The van der Waals surface area contributed by atoms with Gasteiger partial charge in [-0.3, -0.25) is 19.3 Å². The normalized spacial score (nSPS) is 12.9. The third kappa shape index (κ3) is 3.67. The topological polar surface area (TPSA) is 76.6 Å². The zero-order valence-corrected chi connectivity index (χ0v) is 17.8. The van der Waals surface area contributed by atoms with Crippen LogP contribution < -0.4 is 4.74 Å². The second-order valence-electron chi connectivity index (χ2n) is 7.37. The van der Waals surface area contributed by atoms with Crippen LogP contribution in [0.2, 0.25) is 0 Å². The predicted octanol–water partition coefficient (Wildman–Crippen LogP) is 4.95. The van der Waals surface area contributed by atoms with Gasteiger partial charge in [0.25, 0.3) is 11.8 Å². The molecule has 5 rings (SSSR count). The van der Waals surface area contributed by atoms with Crippen molar-refractivity contribution in [3.63, 3.8) is 0 Å². The first-order valence-electron chi connectivity index (χ1n) is 10.2. The Bertz CT molecular complexity index is 1290. The number of esters is 1. The fraction of sp³-hybridized carbons (Fsp3) is 0.120. The Hall–Kier alpha value is -3.84. The van der Waals surface area contributed by atoms with Crippen molar-refractivity contribution in [2.45, 2.75) is 12.8 Å². The van der Waals surface area contributed by atoms with Gasteiger partial charge in [-0.25, -0.2) is 4.98 Å². The van der Waals surface area contributed by atoms with Crippen molar-refractivity contribution in [2.24, 2.45) is 0 Å². The molecule has 158 valence electrons. The minimum absolute atomic E-state index is 0.0849. The van der Waals surface area contributed by atoms with Gasteiger partial charge in [0.1, 0.15) is 10.8 Å². The minimum atomic E-state index is -0.421. The molecular weight excluding hydrogens is 424 g/mol. The molecule has 0 atom stereocenters. The van der Waals surface area contributed by atoms with Crippen LogP contribution in [0, 0.1) is 0 Å². The molecule has 0 radical (unpaired) electrons. The fourth-order valence-corrected chi connectivity index (χ4v) is 4.71. The monoisotopic (exact) mass is 442 g/mol. The zero-order chi connectivity index (χ0) is 22.1. The van der Waals surface area contributed by atoms with E-state index < -0.39 is 5.97 Å². The average Bonchev–Trinajstić information content (AvgIpc) is 3.35. The predicted molar refractivity (Wildman–Crippen MR) is 122 cm³/mol. The maximum Gasteiger partial charge on any atom is 0.311 e. The van der Waals surface area contributed by atoms with Gasteiger partial charge < -0.3 is 4.74 Å². The molecule has 0 saturated carbocycles. The molecule has 0 N–H and O–H groups in total. The first-order chi connectivity index (χ1) is 15.6. The molecule has 1 aliphatic heterocycles. The summed E-state index contributed by atoms with van der Waals surface area (Å²) in [6.45, 7) is 0.168. The summed E-state index contributed by atoms with van der Waals surface area (Å²) < 4.78 is 6.68. The van der Waals surface area contributed by atoms with Crippen LogP contribution in [0.1, 0.15) is 33.6 Å². The Morgan fingerprint density at radius 1 is 0.844 bits per heavy atom. The number of thiazole rings is 1.